The minimum Gasteiger partial charge on any atom is -0.478 e. The van der Waals surface area contributed by atoms with E-state index in [1.807, 2.05) is 0 Å². The topological polar surface area (TPSA) is 70.0 Å². The summed E-state index contributed by atoms with van der Waals surface area (Å²) in [5.74, 6) is -2.13. The first-order chi connectivity index (χ1) is 11.9. The lowest BCUT2D eigenvalue weighted by atomic mass is 10.1. The van der Waals surface area contributed by atoms with Gasteiger partial charge in [-0.05, 0) is 37.3 Å². The van der Waals surface area contributed by atoms with Gasteiger partial charge in [-0.25, -0.2) is 9.18 Å². The van der Waals surface area contributed by atoms with Crippen LogP contribution in [0.25, 0.3) is 6.08 Å². The first-order valence-corrected chi connectivity index (χ1v) is 7.65. The quantitative estimate of drug-likeness (QED) is 0.843. The number of anilines is 1. The number of carboxylic acid groups (broad SMARTS) is 1. The standard InChI is InChI=1S/C18H12ClFN2O3/c1-10-13(8-11-4-2-3-5-16(11)20)17(23)22(21-10)12-6-7-15(19)14(9-12)18(24)25/h2-9H,1H3,(H,24,25)/b13-8-. The van der Waals surface area contributed by atoms with Crippen molar-refractivity contribution in [1.82, 2.24) is 0 Å². The minimum atomic E-state index is -1.21. The van der Waals surface area contributed by atoms with Gasteiger partial charge in [0, 0.05) is 5.56 Å². The van der Waals surface area contributed by atoms with Crippen molar-refractivity contribution in [2.75, 3.05) is 5.01 Å². The van der Waals surface area contributed by atoms with Crippen LogP contribution in [0.4, 0.5) is 10.1 Å². The third kappa shape index (κ3) is 3.16. The number of halogens is 2. The van der Waals surface area contributed by atoms with Gasteiger partial charge >= 0.3 is 5.97 Å². The molecule has 2 aromatic carbocycles. The number of carboxylic acids is 1. The normalized spacial score (nSPS) is 15.6. The zero-order valence-corrected chi connectivity index (χ0v) is 13.8. The highest BCUT2D eigenvalue weighted by atomic mass is 35.5. The van der Waals surface area contributed by atoms with Crippen molar-refractivity contribution in [2.45, 2.75) is 6.92 Å². The maximum atomic E-state index is 13.8. The molecule has 0 aromatic heterocycles. The maximum Gasteiger partial charge on any atom is 0.337 e. The van der Waals surface area contributed by atoms with E-state index in [9.17, 15) is 14.0 Å². The molecule has 1 heterocycles. The molecule has 1 N–H and O–H groups in total. The molecule has 5 nitrogen and oxygen atoms in total. The highest BCUT2D eigenvalue weighted by Gasteiger charge is 2.29. The van der Waals surface area contributed by atoms with E-state index in [1.165, 1.54) is 30.3 Å². The molecule has 0 saturated carbocycles. The summed E-state index contributed by atoms with van der Waals surface area (Å²) in [6.45, 7) is 1.62. The number of hydrogen-bond donors (Lipinski definition) is 1. The molecule has 7 heteroatoms. The number of hydrogen-bond acceptors (Lipinski definition) is 3. The second-order valence-corrected chi connectivity index (χ2v) is 5.76. The number of carbonyl (C=O) groups excluding carboxylic acids is 1. The van der Waals surface area contributed by atoms with E-state index in [-0.39, 0.29) is 27.4 Å². The lowest BCUT2D eigenvalue weighted by Gasteiger charge is -2.13. The van der Waals surface area contributed by atoms with Gasteiger partial charge in [0.2, 0.25) is 0 Å². The van der Waals surface area contributed by atoms with Crippen LogP contribution in [0.3, 0.4) is 0 Å². The van der Waals surface area contributed by atoms with E-state index >= 15 is 0 Å². The Morgan fingerprint density at radius 1 is 1.28 bits per heavy atom. The van der Waals surface area contributed by atoms with Gasteiger partial charge in [0.25, 0.3) is 5.91 Å². The van der Waals surface area contributed by atoms with Crippen molar-refractivity contribution in [3.8, 4) is 0 Å². The van der Waals surface area contributed by atoms with Crippen LogP contribution in [0.2, 0.25) is 5.02 Å². The zero-order chi connectivity index (χ0) is 18.1. The SMILES string of the molecule is CC1=NN(c2ccc(Cl)c(C(=O)O)c2)C(=O)/C1=C\c1ccccc1F. The predicted molar refractivity (Wildman–Crippen MR) is 93.4 cm³/mol. The second kappa shape index (κ2) is 6.49. The Kier molecular flexibility index (Phi) is 4.37. The van der Waals surface area contributed by atoms with Crippen LogP contribution in [-0.2, 0) is 4.79 Å². The van der Waals surface area contributed by atoms with Crippen molar-refractivity contribution >= 4 is 41.0 Å². The van der Waals surface area contributed by atoms with Crippen molar-refractivity contribution in [3.05, 3.63) is 70.0 Å². The van der Waals surface area contributed by atoms with Crippen LogP contribution in [0.1, 0.15) is 22.8 Å². The van der Waals surface area contributed by atoms with Crippen LogP contribution in [0.15, 0.2) is 53.1 Å². The Morgan fingerprint density at radius 3 is 2.68 bits per heavy atom. The smallest absolute Gasteiger partial charge is 0.337 e. The van der Waals surface area contributed by atoms with Gasteiger partial charge in [-0.15, -0.1) is 0 Å². The van der Waals surface area contributed by atoms with Crippen molar-refractivity contribution in [2.24, 2.45) is 5.10 Å². The first kappa shape index (κ1) is 16.9. The van der Waals surface area contributed by atoms with Crippen molar-refractivity contribution in [3.63, 3.8) is 0 Å². The molecule has 25 heavy (non-hydrogen) atoms. The first-order valence-electron chi connectivity index (χ1n) is 7.27. The highest BCUT2D eigenvalue weighted by molar-refractivity contribution is 6.34. The molecule has 0 saturated heterocycles. The molecule has 2 aromatic rings. The van der Waals surface area contributed by atoms with Crippen LogP contribution in [-0.4, -0.2) is 22.7 Å². The van der Waals surface area contributed by atoms with Gasteiger partial charge in [0.1, 0.15) is 5.82 Å². The molecule has 126 valence electrons. The molecule has 0 atom stereocenters. The van der Waals surface area contributed by atoms with Crippen LogP contribution >= 0.6 is 11.6 Å². The number of carbonyl (C=O) groups is 2. The van der Waals surface area contributed by atoms with Gasteiger partial charge in [0.05, 0.1) is 27.6 Å². The monoisotopic (exact) mass is 358 g/mol. The van der Waals surface area contributed by atoms with Gasteiger partial charge in [-0.1, -0.05) is 29.8 Å². The summed E-state index contributed by atoms with van der Waals surface area (Å²) >= 11 is 5.84. The molecular weight excluding hydrogens is 347 g/mol. The molecule has 0 fully saturated rings. The summed E-state index contributed by atoms with van der Waals surface area (Å²) in [7, 11) is 0. The van der Waals surface area contributed by atoms with E-state index in [1.54, 1.807) is 25.1 Å². The van der Waals surface area contributed by atoms with Gasteiger partial charge in [-0.3, -0.25) is 4.79 Å². The molecule has 0 spiro atoms. The number of hydrazone groups is 1. The van der Waals surface area contributed by atoms with Gasteiger partial charge in [-0.2, -0.15) is 10.1 Å². The number of aromatic carboxylic acids is 1. The number of rotatable bonds is 3. The summed E-state index contributed by atoms with van der Waals surface area (Å²) < 4.78 is 13.8. The van der Waals surface area contributed by atoms with Gasteiger partial charge < -0.3 is 5.11 Å². The van der Waals surface area contributed by atoms with Crippen molar-refractivity contribution < 1.29 is 19.1 Å². The summed E-state index contributed by atoms with van der Waals surface area (Å²) in [5, 5.41) is 14.4. The van der Waals surface area contributed by atoms with E-state index in [0.29, 0.717) is 5.71 Å². The molecule has 3 rings (SSSR count). The third-order valence-corrected chi connectivity index (χ3v) is 4.02. The zero-order valence-electron chi connectivity index (χ0n) is 13.0. The second-order valence-electron chi connectivity index (χ2n) is 5.35. The third-order valence-electron chi connectivity index (χ3n) is 3.69. The summed E-state index contributed by atoms with van der Waals surface area (Å²) in [4.78, 5) is 23.8. The Bertz CT molecular complexity index is 953. The Balaban J connectivity index is 2.00. The lowest BCUT2D eigenvalue weighted by Crippen LogP contribution is -2.21. The van der Waals surface area contributed by atoms with E-state index < -0.39 is 17.7 Å². The molecule has 0 radical (unpaired) electrons. The maximum absolute atomic E-state index is 13.8. The molecule has 1 aliphatic heterocycles. The van der Waals surface area contributed by atoms with Crippen LogP contribution < -0.4 is 5.01 Å². The minimum absolute atomic E-state index is 0.0609. The van der Waals surface area contributed by atoms with Crippen LogP contribution in [0, 0.1) is 5.82 Å². The number of benzene rings is 2. The molecular formula is C18H12ClFN2O3. The fraction of sp³-hybridized carbons (Fsp3) is 0.0556. The fourth-order valence-electron chi connectivity index (χ4n) is 2.42. The molecule has 1 amide bonds. The number of amides is 1. The summed E-state index contributed by atoms with van der Waals surface area (Å²) in [6.07, 6.45) is 1.42. The Hall–Kier alpha value is -2.99. The fourth-order valence-corrected chi connectivity index (χ4v) is 2.61. The lowest BCUT2D eigenvalue weighted by molar-refractivity contribution is -0.114. The van der Waals surface area contributed by atoms with Gasteiger partial charge in [0.15, 0.2) is 0 Å². The average Bonchev–Trinajstić information content (AvgIpc) is 2.85. The molecule has 0 unspecified atom stereocenters. The Morgan fingerprint density at radius 2 is 2.00 bits per heavy atom. The average molecular weight is 359 g/mol. The molecule has 0 bridgehead atoms. The molecule has 1 aliphatic rings. The Labute approximate surface area is 147 Å². The highest BCUT2D eigenvalue weighted by Crippen LogP contribution is 2.28. The summed E-state index contributed by atoms with van der Waals surface area (Å²) in [5.41, 5.74) is 1.04. The van der Waals surface area contributed by atoms with E-state index in [2.05, 4.69) is 5.10 Å². The predicted octanol–water partition coefficient (Wildman–Crippen LogP) is 3.98. The van der Waals surface area contributed by atoms with Crippen molar-refractivity contribution in [1.29, 1.82) is 0 Å². The summed E-state index contributed by atoms with van der Waals surface area (Å²) in [6, 6.07) is 10.2. The molecule has 0 aliphatic carbocycles. The largest absolute Gasteiger partial charge is 0.478 e. The van der Waals surface area contributed by atoms with Crippen LogP contribution in [0.5, 0.6) is 0 Å². The van der Waals surface area contributed by atoms with E-state index in [4.69, 9.17) is 16.7 Å². The van der Waals surface area contributed by atoms with E-state index in [0.717, 1.165) is 5.01 Å². The number of nitrogens with zero attached hydrogens (tertiary/aromatic N) is 2.